The van der Waals surface area contributed by atoms with Gasteiger partial charge in [0.2, 0.25) is 5.91 Å². The van der Waals surface area contributed by atoms with Crippen molar-refractivity contribution < 1.29 is 14.7 Å². The molecule has 1 rings (SSSR count). The van der Waals surface area contributed by atoms with Crippen LogP contribution in [0.1, 0.15) is 12.8 Å². The number of aliphatic carboxylic acids is 1. The maximum absolute atomic E-state index is 11.9. The molecule has 1 amide bonds. The number of hydrogen-bond donors (Lipinski definition) is 4. The fourth-order valence-corrected chi connectivity index (χ4v) is 2.12. The molecule has 0 fully saturated rings. The maximum Gasteiger partial charge on any atom is 0.321 e. The van der Waals surface area contributed by atoms with Crippen molar-refractivity contribution >= 4 is 33.5 Å². The second kappa shape index (κ2) is 9.49. The van der Waals surface area contributed by atoms with Gasteiger partial charge in [0.25, 0.3) is 0 Å². The zero-order valence-electron chi connectivity index (χ0n) is 11.9. The van der Waals surface area contributed by atoms with Gasteiger partial charge in [-0.3, -0.25) is 9.59 Å². The molecule has 21 heavy (non-hydrogen) atoms. The highest BCUT2D eigenvalue weighted by atomic mass is 79.9. The van der Waals surface area contributed by atoms with Crippen molar-refractivity contribution in [3.63, 3.8) is 0 Å². The number of carboxylic acids is 1. The third-order valence-electron chi connectivity index (χ3n) is 2.83. The van der Waals surface area contributed by atoms with Crippen LogP contribution in [0.2, 0.25) is 0 Å². The predicted molar refractivity (Wildman–Crippen MR) is 85.4 cm³/mol. The molecule has 1 aromatic carbocycles. The molecule has 1 atom stereocenters. The van der Waals surface area contributed by atoms with Crippen LogP contribution < -0.4 is 16.0 Å². The van der Waals surface area contributed by atoms with E-state index in [1.165, 1.54) is 0 Å². The summed E-state index contributed by atoms with van der Waals surface area (Å²) in [5.74, 6) is -1.36. The first kappa shape index (κ1) is 17.6. The number of carbonyl (C=O) groups excluding carboxylic acids is 1. The van der Waals surface area contributed by atoms with E-state index in [4.69, 9.17) is 5.11 Å². The number of hydrogen-bond acceptors (Lipinski definition) is 4. The van der Waals surface area contributed by atoms with E-state index in [-0.39, 0.29) is 12.3 Å². The van der Waals surface area contributed by atoms with Crippen LogP contribution >= 0.6 is 15.9 Å². The van der Waals surface area contributed by atoms with Crippen LogP contribution in [0.25, 0.3) is 0 Å². The molecule has 4 N–H and O–H groups in total. The largest absolute Gasteiger partial charge is 0.480 e. The van der Waals surface area contributed by atoms with Gasteiger partial charge in [-0.15, -0.1) is 0 Å². The molecule has 0 spiro atoms. The molecule has 0 saturated heterocycles. The summed E-state index contributed by atoms with van der Waals surface area (Å²) in [5, 5.41) is 17.7. The molecular weight excluding hydrogens is 338 g/mol. The number of carbonyl (C=O) groups is 2. The topological polar surface area (TPSA) is 90.5 Å². The van der Waals surface area contributed by atoms with Crippen molar-refractivity contribution in [3.8, 4) is 0 Å². The monoisotopic (exact) mass is 357 g/mol. The average molecular weight is 358 g/mol. The molecule has 0 aliphatic carbocycles. The molecule has 7 heteroatoms. The van der Waals surface area contributed by atoms with Crippen molar-refractivity contribution in [1.82, 2.24) is 10.6 Å². The Labute approximate surface area is 132 Å². The summed E-state index contributed by atoms with van der Waals surface area (Å²) in [7, 11) is 1.83. The minimum atomic E-state index is -1.03. The zero-order valence-corrected chi connectivity index (χ0v) is 13.4. The highest BCUT2D eigenvalue weighted by Crippen LogP contribution is 2.21. The van der Waals surface area contributed by atoms with Crippen molar-refractivity contribution in [2.45, 2.75) is 18.9 Å². The minimum absolute atomic E-state index is 0.115. The SMILES string of the molecule is CNCCCN[C@@H](CC(=O)Nc1ccccc1Br)C(=O)O. The van der Waals surface area contributed by atoms with Gasteiger partial charge in [0.1, 0.15) is 6.04 Å². The average Bonchev–Trinajstić information content (AvgIpc) is 2.44. The van der Waals surface area contributed by atoms with E-state index < -0.39 is 12.0 Å². The van der Waals surface area contributed by atoms with E-state index in [1.807, 2.05) is 13.1 Å². The maximum atomic E-state index is 11.9. The summed E-state index contributed by atoms with van der Waals surface area (Å²) in [6.45, 7) is 1.34. The number of nitrogens with one attached hydrogen (secondary N) is 3. The Kier molecular flexibility index (Phi) is 7.96. The van der Waals surface area contributed by atoms with Crippen molar-refractivity contribution in [2.24, 2.45) is 0 Å². The molecule has 0 saturated carbocycles. The van der Waals surface area contributed by atoms with E-state index >= 15 is 0 Å². The normalized spacial score (nSPS) is 11.9. The van der Waals surface area contributed by atoms with E-state index in [0.29, 0.717) is 12.2 Å². The molecule has 1 aromatic rings. The summed E-state index contributed by atoms with van der Waals surface area (Å²) < 4.78 is 0.757. The number of carboxylic acid groups (broad SMARTS) is 1. The van der Waals surface area contributed by atoms with Crippen LogP contribution in [0, 0.1) is 0 Å². The Balaban J connectivity index is 2.49. The van der Waals surface area contributed by atoms with Crippen LogP contribution in [0.5, 0.6) is 0 Å². The lowest BCUT2D eigenvalue weighted by molar-refractivity contribution is -0.141. The molecule has 0 aliphatic rings. The number of anilines is 1. The third kappa shape index (κ3) is 6.70. The van der Waals surface area contributed by atoms with Gasteiger partial charge in [-0.25, -0.2) is 0 Å². The van der Waals surface area contributed by atoms with E-state index in [2.05, 4.69) is 31.9 Å². The number of amides is 1. The summed E-state index contributed by atoms with van der Waals surface area (Å²) in [5.41, 5.74) is 0.627. The van der Waals surface area contributed by atoms with Crippen LogP contribution in [0.15, 0.2) is 28.7 Å². The first-order chi connectivity index (χ1) is 10.0. The van der Waals surface area contributed by atoms with Gasteiger partial charge in [0, 0.05) is 4.47 Å². The van der Waals surface area contributed by atoms with Gasteiger partial charge in [-0.05, 0) is 54.6 Å². The van der Waals surface area contributed by atoms with Crippen LogP contribution in [-0.4, -0.2) is 43.2 Å². The fourth-order valence-electron chi connectivity index (χ4n) is 1.74. The first-order valence-electron chi connectivity index (χ1n) is 6.69. The molecule has 0 unspecified atom stereocenters. The quantitative estimate of drug-likeness (QED) is 0.502. The summed E-state index contributed by atoms with van der Waals surface area (Å²) >= 11 is 3.33. The molecule has 6 nitrogen and oxygen atoms in total. The van der Waals surface area contributed by atoms with E-state index in [9.17, 15) is 9.59 Å². The Hall–Kier alpha value is -1.44. The lowest BCUT2D eigenvalue weighted by Crippen LogP contribution is -2.40. The number of benzene rings is 1. The standard InChI is InChI=1S/C14H20BrN3O3/c1-16-7-4-8-17-12(14(20)21)9-13(19)18-11-6-3-2-5-10(11)15/h2-3,5-6,12,16-17H,4,7-9H2,1H3,(H,18,19)(H,20,21)/t12-/m0/s1. The lowest BCUT2D eigenvalue weighted by atomic mass is 10.2. The lowest BCUT2D eigenvalue weighted by Gasteiger charge is -2.14. The number of para-hydroxylation sites is 1. The van der Waals surface area contributed by atoms with Crippen LogP contribution in [-0.2, 0) is 9.59 Å². The third-order valence-corrected chi connectivity index (χ3v) is 3.52. The van der Waals surface area contributed by atoms with Crippen LogP contribution in [0.4, 0.5) is 5.69 Å². The highest BCUT2D eigenvalue weighted by Gasteiger charge is 2.20. The Morgan fingerprint density at radius 1 is 1.29 bits per heavy atom. The van der Waals surface area contributed by atoms with Crippen molar-refractivity contribution in [1.29, 1.82) is 0 Å². The van der Waals surface area contributed by atoms with Gasteiger partial charge in [0.05, 0.1) is 12.1 Å². The minimum Gasteiger partial charge on any atom is -0.480 e. The van der Waals surface area contributed by atoms with Crippen molar-refractivity contribution in [3.05, 3.63) is 28.7 Å². The van der Waals surface area contributed by atoms with Gasteiger partial charge in [0.15, 0.2) is 0 Å². The molecule has 116 valence electrons. The number of halogens is 1. The molecule has 0 bridgehead atoms. The van der Waals surface area contributed by atoms with Gasteiger partial charge < -0.3 is 21.1 Å². The Morgan fingerprint density at radius 2 is 2.00 bits per heavy atom. The predicted octanol–water partition coefficient (Wildman–Crippen LogP) is 1.43. The molecular formula is C14H20BrN3O3. The zero-order chi connectivity index (χ0) is 15.7. The smallest absolute Gasteiger partial charge is 0.321 e. The first-order valence-corrected chi connectivity index (χ1v) is 7.49. The summed E-state index contributed by atoms with van der Waals surface area (Å²) in [4.78, 5) is 23.1. The van der Waals surface area contributed by atoms with Crippen LogP contribution in [0.3, 0.4) is 0 Å². The second-order valence-electron chi connectivity index (χ2n) is 4.53. The molecule has 0 aliphatic heterocycles. The molecule has 0 heterocycles. The van der Waals surface area contributed by atoms with Crippen molar-refractivity contribution in [2.75, 3.05) is 25.5 Å². The number of rotatable bonds is 9. The van der Waals surface area contributed by atoms with Gasteiger partial charge in [-0.2, -0.15) is 0 Å². The second-order valence-corrected chi connectivity index (χ2v) is 5.39. The molecule has 0 aromatic heterocycles. The summed E-state index contributed by atoms with van der Waals surface area (Å²) in [6, 6.07) is 6.30. The highest BCUT2D eigenvalue weighted by molar-refractivity contribution is 9.10. The summed E-state index contributed by atoms with van der Waals surface area (Å²) in [6.07, 6.45) is 0.683. The van der Waals surface area contributed by atoms with E-state index in [1.54, 1.807) is 18.2 Å². The fraction of sp³-hybridized carbons (Fsp3) is 0.429. The van der Waals surface area contributed by atoms with Gasteiger partial charge >= 0.3 is 5.97 Å². The Bertz CT molecular complexity index is 482. The van der Waals surface area contributed by atoms with Gasteiger partial charge in [-0.1, -0.05) is 12.1 Å². The van der Waals surface area contributed by atoms with E-state index in [0.717, 1.165) is 17.4 Å². The Morgan fingerprint density at radius 3 is 2.62 bits per heavy atom. The molecule has 0 radical (unpaired) electrons.